The SMILES string of the molecule is C=CCN(CC=C)C[C@@H](C)Cl. The van der Waals surface area contributed by atoms with E-state index in [4.69, 9.17) is 11.6 Å². The van der Waals surface area contributed by atoms with E-state index in [1.54, 1.807) is 0 Å². The van der Waals surface area contributed by atoms with Crippen molar-refractivity contribution >= 4 is 11.6 Å². The summed E-state index contributed by atoms with van der Waals surface area (Å²) in [4.78, 5) is 2.19. The van der Waals surface area contributed by atoms with Gasteiger partial charge < -0.3 is 0 Å². The summed E-state index contributed by atoms with van der Waals surface area (Å²) >= 11 is 5.83. The van der Waals surface area contributed by atoms with Crippen LogP contribution in [-0.4, -0.2) is 29.9 Å². The Labute approximate surface area is 74.3 Å². The predicted molar refractivity (Wildman–Crippen MR) is 52.1 cm³/mol. The summed E-state index contributed by atoms with van der Waals surface area (Å²) in [6.45, 7) is 12.0. The van der Waals surface area contributed by atoms with Crippen LogP contribution in [0, 0.1) is 0 Å². The summed E-state index contributed by atoms with van der Waals surface area (Å²) in [6.07, 6.45) is 3.76. The van der Waals surface area contributed by atoms with Crippen molar-refractivity contribution in [2.24, 2.45) is 0 Å². The normalized spacial score (nSPS) is 13.0. The Bertz CT molecular complexity index is 111. The van der Waals surface area contributed by atoms with E-state index in [0.717, 1.165) is 19.6 Å². The quantitative estimate of drug-likeness (QED) is 0.440. The molecule has 0 N–H and O–H groups in total. The third-order valence-corrected chi connectivity index (χ3v) is 1.42. The molecule has 11 heavy (non-hydrogen) atoms. The summed E-state index contributed by atoms with van der Waals surface area (Å²) in [5, 5.41) is 0.190. The van der Waals surface area contributed by atoms with Crippen molar-refractivity contribution in [3.63, 3.8) is 0 Å². The molecular weight excluding hydrogens is 158 g/mol. The zero-order chi connectivity index (χ0) is 8.69. The van der Waals surface area contributed by atoms with Gasteiger partial charge in [0.05, 0.1) is 0 Å². The molecule has 0 aliphatic rings. The van der Waals surface area contributed by atoms with Crippen molar-refractivity contribution in [3.8, 4) is 0 Å². The van der Waals surface area contributed by atoms with Crippen LogP contribution in [0.2, 0.25) is 0 Å². The van der Waals surface area contributed by atoms with Gasteiger partial charge in [-0.25, -0.2) is 0 Å². The molecular formula is C9H16ClN. The third-order valence-electron chi connectivity index (χ3n) is 1.28. The van der Waals surface area contributed by atoms with Crippen molar-refractivity contribution in [2.45, 2.75) is 12.3 Å². The van der Waals surface area contributed by atoms with Crippen molar-refractivity contribution < 1.29 is 0 Å². The first-order chi connectivity index (χ1) is 5.20. The maximum Gasteiger partial charge on any atom is 0.0435 e. The van der Waals surface area contributed by atoms with E-state index in [9.17, 15) is 0 Å². The Balaban J connectivity index is 3.67. The molecule has 0 aromatic heterocycles. The maximum absolute atomic E-state index is 5.83. The fraction of sp³-hybridized carbons (Fsp3) is 0.556. The number of nitrogens with zero attached hydrogens (tertiary/aromatic N) is 1. The van der Waals surface area contributed by atoms with Crippen LogP contribution in [0.25, 0.3) is 0 Å². The Morgan fingerprint density at radius 1 is 1.36 bits per heavy atom. The maximum atomic E-state index is 5.83. The molecule has 1 nitrogen and oxygen atoms in total. The van der Waals surface area contributed by atoms with Crippen LogP contribution in [0.3, 0.4) is 0 Å². The fourth-order valence-electron chi connectivity index (χ4n) is 0.945. The molecule has 0 heterocycles. The molecule has 0 rings (SSSR count). The highest BCUT2D eigenvalue weighted by Crippen LogP contribution is 1.98. The van der Waals surface area contributed by atoms with Crippen LogP contribution >= 0.6 is 11.6 Å². The first kappa shape index (κ1) is 10.7. The van der Waals surface area contributed by atoms with E-state index >= 15 is 0 Å². The molecule has 0 saturated carbocycles. The summed E-state index contributed by atoms with van der Waals surface area (Å²) in [5.41, 5.74) is 0. The van der Waals surface area contributed by atoms with Crippen molar-refractivity contribution in [2.75, 3.05) is 19.6 Å². The molecule has 0 aromatic rings. The molecule has 1 atom stereocenters. The average molecular weight is 174 g/mol. The minimum absolute atomic E-state index is 0.190. The van der Waals surface area contributed by atoms with Gasteiger partial charge >= 0.3 is 0 Å². The molecule has 0 aliphatic carbocycles. The fourth-order valence-corrected chi connectivity index (χ4v) is 1.14. The Kier molecular flexibility index (Phi) is 6.28. The van der Waals surface area contributed by atoms with Gasteiger partial charge in [-0.3, -0.25) is 4.90 Å². The molecule has 0 spiro atoms. The molecule has 0 aliphatic heterocycles. The molecule has 0 amide bonds. The van der Waals surface area contributed by atoms with E-state index in [1.165, 1.54) is 0 Å². The minimum Gasteiger partial charge on any atom is -0.295 e. The Hall–Kier alpha value is -0.270. The monoisotopic (exact) mass is 173 g/mol. The highest BCUT2D eigenvalue weighted by Gasteiger charge is 2.03. The van der Waals surface area contributed by atoms with Gasteiger partial charge in [0.1, 0.15) is 0 Å². The highest BCUT2D eigenvalue weighted by atomic mass is 35.5. The molecule has 0 saturated heterocycles. The molecule has 64 valence electrons. The standard InChI is InChI=1S/C9H16ClN/c1-4-6-11(7-5-2)8-9(3)10/h4-5,9H,1-2,6-8H2,3H3/t9-/m1/s1. The Morgan fingerprint density at radius 3 is 2.09 bits per heavy atom. The molecule has 0 radical (unpaired) electrons. The average Bonchev–Trinajstić information content (AvgIpc) is 1.87. The van der Waals surface area contributed by atoms with Crippen LogP contribution in [0.1, 0.15) is 6.92 Å². The van der Waals surface area contributed by atoms with E-state index < -0.39 is 0 Å². The molecule has 0 unspecified atom stereocenters. The zero-order valence-electron chi connectivity index (χ0n) is 7.09. The van der Waals surface area contributed by atoms with Crippen LogP contribution in [0.4, 0.5) is 0 Å². The van der Waals surface area contributed by atoms with E-state index in [-0.39, 0.29) is 5.38 Å². The lowest BCUT2D eigenvalue weighted by Crippen LogP contribution is -2.29. The van der Waals surface area contributed by atoms with Crippen molar-refractivity contribution in [3.05, 3.63) is 25.3 Å². The van der Waals surface area contributed by atoms with Crippen molar-refractivity contribution in [1.29, 1.82) is 0 Å². The van der Waals surface area contributed by atoms with Crippen LogP contribution in [0.15, 0.2) is 25.3 Å². The summed E-state index contributed by atoms with van der Waals surface area (Å²) in [7, 11) is 0. The van der Waals surface area contributed by atoms with Crippen molar-refractivity contribution in [1.82, 2.24) is 4.90 Å². The largest absolute Gasteiger partial charge is 0.295 e. The van der Waals surface area contributed by atoms with Gasteiger partial charge in [0.25, 0.3) is 0 Å². The molecule has 0 bridgehead atoms. The van der Waals surface area contributed by atoms with E-state index in [2.05, 4.69) is 18.1 Å². The lowest BCUT2D eigenvalue weighted by Gasteiger charge is -2.19. The topological polar surface area (TPSA) is 3.24 Å². The minimum atomic E-state index is 0.190. The second-order valence-corrected chi connectivity index (χ2v) is 3.32. The summed E-state index contributed by atoms with van der Waals surface area (Å²) < 4.78 is 0. The summed E-state index contributed by atoms with van der Waals surface area (Å²) in [6, 6.07) is 0. The highest BCUT2D eigenvalue weighted by molar-refractivity contribution is 6.20. The van der Waals surface area contributed by atoms with Crippen LogP contribution in [0.5, 0.6) is 0 Å². The van der Waals surface area contributed by atoms with Gasteiger partial charge in [-0.15, -0.1) is 24.8 Å². The lowest BCUT2D eigenvalue weighted by atomic mass is 10.4. The smallest absolute Gasteiger partial charge is 0.0435 e. The lowest BCUT2D eigenvalue weighted by molar-refractivity contribution is 0.338. The van der Waals surface area contributed by atoms with E-state index in [0.29, 0.717) is 0 Å². The number of alkyl halides is 1. The number of rotatable bonds is 6. The van der Waals surface area contributed by atoms with Gasteiger partial charge in [-0.2, -0.15) is 0 Å². The van der Waals surface area contributed by atoms with Gasteiger partial charge in [0.2, 0.25) is 0 Å². The van der Waals surface area contributed by atoms with Gasteiger partial charge in [-0.1, -0.05) is 12.2 Å². The number of hydrogen-bond donors (Lipinski definition) is 0. The second kappa shape index (κ2) is 6.44. The van der Waals surface area contributed by atoms with Gasteiger partial charge in [0, 0.05) is 25.0 Å². The number of halogens is 1. The second-order valence-electron chi connectivity index (χ2n) is 2.58. The van der Waals surface area contributed by atoms with Crippen LogP contribution < -0.4 is 0 Å². The molecule has 0 fully saturated rings. The number of hydrogen-bond acceptors (Lipinski definition) is 1. The first-order valence-corrected chi connectivity index (χ1v) is 4.22. The molecule has 2 heteroatoms. The summed E-state index contributed by atoms with van der Waals surface area (Å²) in [5.74, 6) is 0. The van der Waals surface area contributed by atoms with Crippen LogP contribution in [-0.2, 0) is 0 Å². The zero-order valence-corrected chi connectivity index (χ0v) is 7.85. The van der Waals surface area contributed by atoms with Gasteiger partial charge in [-0.05, 0) is 6.92 Å². The first-order valence-electron chi connectivity index (χ1n) is 3.79. The Morgan fingerprint density at radius 2 is 1.82 bits per heavy atom. The predicted octanol–water partition coefficient (Wildman–Crippen LogP) is 2.29. The molecule has 0 aromatic carbocycles. The third kappa shape index (κ3) is 6.14. The van der Waals surface area contributed by atoms with Gasteiger partial charge in [0.15, 0.2) is 0 Å². The van der Waals surface area contributed by atoms with E-state index in [1.807, 2.05) is 19.1 Å².